The van der Waals surface area contributed by atoms with Crippen LogP contribution < -0.4 is 9.47 Å². The van der Waals surface area contributed by atoms with Gasteiger partial charge in [0.15, 0.2) is 0 Å². The molecule has 0 aromatic heterocycles. The molecule has 0 spiro atoms. The van der Waals surface area contributed by atoms with Crippen LogP contribution in [-0.2, 0) is 12.4 Å². The molecule has 2 aromatic carbocycles. The van der Waals surface area contributed by atoms with Gasteiger partial charge in [0, 0.05) is 0 Å². The second-order valence-electron chi connectivity index (χ2n) is 5.08. The molecule has 146 valence electrons. The lowest BCUT2D eigenvalue weighted by Gasteiger charge is -2.15. The molecule has 0 fully saturated rings. The molecule has 27 heavy (non-hydrogen) atoms. The number of benzene rings is 2. The van der Waals surface area contributed by atoms with Crippen LogP contribution in [0.4, 0.5) is 26.3 Å². The van der Waals surface area contributed by atoms with E-state index < -0.39 is 29.2 Å². The van der Waals surface area contributed by atoms with Crippen LogP contribution in [0, 0.1) is 0 Å². The lowest BCUT2D eigenvalue weighted by Crippen LogP contribution is -2.09. The molecule has 0 bridgehead atoms. The van der Waals surface area contributed by atoms with E-state index in [1.54, 1.807) is 0 Å². The van der Waals surface area contributed by atoms with Crippen molar-refractivity contribution in [2.75, 3.05) is 6.61 Å². The Morgan fingerprint density at radius 2 is 1.44 bits per heavy atom. The molecule has 0 N–H and O–H groups in total. The monoisotopic (exact) mass is 518 g/mol. The highest BCUT2D eigenvalue weighted by Crippen LogP contribution is 2.39. The summed E-state index contributed by atoms with van der Waals surface area (Å²) in [5.74, 6) is -0.623. The summed E-state index contributed by atoms with van der Waals surface area (Å²) in [5, 5.41) is 0. The third-order valence-electron chi connectivity index (χ3n) is 3.15. The highest BCUT2D eigenvalue weighted by atomic mass is 79.9. The third-order valence-corrected chi connectivity index (χ3v) is 3.80. The van der Waals surface area contributed by atoms with Gasteiger partial charge in [0.1, 0.15) is 29.4 Å². The van der Waals surface area contributed by atoms with Crippen molar-refractivity contribution < 1.29 is 35.8 Å². The van der Waals surface area contributed by atoms with Gasteiger partial charge in [-0.05, 0) is 80.4 Å². The van der Waals surface area contributed by atoms with Crippen LogP contribution in [-0.4, -0.2) is 6.61 Å². The van der Waals surface area contributed by atoms with Crippen LogP contribution in [0.5, 0.6) is 17.2 Å². The molecule has 0 aliphatic rings. The van der Waals surface area contributed by atoms with Gasteiger partial charge in [-0.15, -0.1) is 0 Å². The molecule has 2 aromatic rings. The third kappa shape index (κ3) is 6.46. The van der Waals surface area contributed by atoms with E-state index in [4.69, 9.17) is 9.47 Å². The minimum atomic E-state index is -4.70. The molecule has 0 saturated carbocycles. The first kappa shape index (κ1) is 21.6. The maximum absolute atomic E-state index is 13.2. The van der Waals surface area contributed by atoms with E-state index in [1.165, 1.54) is 12.1 Å². The van der Waals surface area contributed by atoms with Gasteiger partial charge in [-0.3, -0.25) is 0 Å². The maximum atomic E-state index is 13.2. The van der Waals surface area contributed by atoms with Crippen molar-refractivity contribution in [2.24, 2.45) is 0 Å². The summed E-state index contributed by atoms with van der Waals surface area (Å²) in [5.41, 5.74) is -1.95. The fourth-order valence-corrected chi connectivity index (χ4v) is 2.23. The van der Waals surface area contributed by atoms with E-state index in [2.05, 4.69) is 31.9 Å². The van der Waals surface area contributed by atoms with E-state index in [1.807, 2.05) is 0 Å². The molecule has 0 unspecified atom stereocenters. The zero-order valence-electron chi connectivity index (χ0n) is 13.2. The molecule has 0 radical (unpaired) electrons. The first-order valence-electron chi connectivity index (χ1n) is 7.17. The lowest BCUT2D eigenvalue weighted by atomic mass is 10.1. The SMILES string of the molecule is FC(F)(F)c1ccc(Oc2ccc(OCC=C(Br)Br)c(C(F)(F)F)c2)cc1. The summed E-state index contributed by atoms with van der Waals surface area (Å²) in [6.07, 6.45) is -7.75. The molecule has 0 heterocycles. The number of hydrogen-bond donors (Lipinski definition) is 0. The molecular formula is C17H10Br2F6O2. The van der Waals surface area contributed by atoms with E-state index >= 15 is 0 Å². The first-order chi connectivity index (χ1) is 12.5. The number of alkyl halides is 6. The van der Waals surface area contributed by atoms with Gasteiger partial charge < -0.3 is 9.47 Å². The maximum Gasteiger partial charge on any atom is 0.420 e. The molecular weight excluding hydrogens is 510 g/mol. The average molecular weight is 520 g/mol. The molecule has 0 aliphatic heterocycles. The van der Waals surface area contributed by atoms with Gasteiger partial charge in [-0.25, -0.2) is 0 Å². The summed E-state index contributed by atoms with van der Waals surface area (Å²) in [6.45, 7) is -0.117. The predicted octanol–water partition coefficient (Wildman–Crippen LogP) is 7.53. The summed E-state index contributed by atoms with van der Waals surface area (Å²) in [4.78, 5) is 0. The minimum Gasteiger partial charge on any atom is -0.489 e. The van der Waals surface area contributed by atoms with Crippen molar-refractivity contribution in [3.05, 3.63) is 63.1 Å². The predicted molar refractivity (Wildman–Crippen MR) is 94.4 cm³/mol. The van der Waals surface area contributed by atoms with Gasteiger partial charge in [-0.2, -0.15) is 26.3 Å². The zero-order chi connectivity index (χ0) is 20.2. The summed E-state index contributed by atoms with van der Waals surface area (Å²) < 4.78 is 88.2. The largest absolute Gasteiger partial charge is 0.489 e. The zero-order valence-corrected chi connectivity index (χ0v) is 16.3. The number of halogens is 8. The Bertz CT molecular complexity index is 810. The second-order valence-corrected chi connectivity index (χ2v) is 7.86. The topological polar surface area (TPSA) is 18.5 Å². The first-order valence-corrected chi connectivity index (χ1v) is 8.76. The normalized spacial score (nSPS) is 11.9. The van der Waals surface area contributed by atoms with E-state index in [0.717, 1.165) is 36.4 Å². The molecule has 10 heteroatoms. The number of ether oxygens (including phenoxy) is 2. The van der Waals surface area contributed by atoms with E-state index in [0.29, 0.717) is 3.39 Å². The van der Waals surface area contributed by atoms with Crippen molar-refractivity contribution in [2.45, 2.75) is 12.4 Å². The standard InChI is InChI=1S/C17H10Br2F6O2/c18-15(19)7-8-26-14-6-5-12(9-13(14)17(23,24)25)27-11-3-1-10(2-4-11)16(20,21)22/h1-7,9H,8H2. The van der Waals surface area contributed by atoms with Crippen LogP contribution in [0.15, 0.2) is 51.9 Å². The summed E-state index contributed by atoms with van der Waals surface area (Å²) in [7, 11) is 0. The van der Waals surface area contributed by atoms with Crippen molar-refractivity contribution in [3.8, 4) is 17.2 Å². The average Bonchev–Trinajstić information content (AvgIpc) is 2.54. The van der Waals surface area contributed by atoms with Crippen molar-refractivity contribution in [1.82, 2.24) is 0 Å². The van der Waals surface area contributed by atoms with Crippen molar-refractivity contribution >= 4 is 31.9 Å². The fraction of sp³-hybridized carbons (Fsp3) is 0.176. The number of rotatable bonds is 5. The van der Waals surface area contributed by atoms with Crippen LogP contribution in [0.25, 0.3) is 0 Å². The lowest BCUT2D eigenvalue weighted by molar-refractivity contribution is -0.139. The Balaban J connectivity index is 2.24. The van der Waals surface area contributed by atoms with Crippen LogP contribution in [0.2, 0.25) is 0 Å². The Kier molecular flexibility index (Phi) is 6.85. The van der Waals surface area contributed by atoms with E-state index in [9.17, 15) is 26.3 Å². The Hall–Kier alpha value is -1.68. The van der Waals surface area contributed by atoms with Gasteiger partial charge >= 0.3 is 12.4 Å². The van der Waals surface area contributed by atoms with Crippen molar-refractivity contribution in [1.29, 1.82) is 0 Å². The van der Waals surface area contributed by atoms with Gasteiger partial charge in [-0.1, -0.05) is 0 Å². The summed E-state index contributed by atoms with van der Waals surface area (Å²) >= 11 is 6.11. The minimum absolute atomic E-state index is 0.0315. The molecule has 0 aliphatic carbocycles. The quantitative estimate of drug-likeness (QED) is 0.380. The van der Waals surface area contributed by atoms with Gasteiger partial charge in [0.05, 0.1) is 8.96 Å². The van der Waals surface area contributed by atoms with Crippen LogP contribution in [0.1, 0.15) is 11.1 Å². The van der Waals surface area contributed by atoms with Gasteiger partial charge in [0.2, 0.25) is 0 Å². The highest BCUT2D eigenvalue weighted by Gasteiger charge is 2.35. The molecule has 0 atom stereocenters. The van der Waals surface area contributed by atoms with Crippen molar-refractivity contribution in [3.63, 3.8) is 0 Å². The molecule has 0 saturated heterocycles. The number of hydrogen-bond acceptors (Lipinski definition) is 2. The molecule has 0 amide bonds. The van der Waals surface area contributed by atoms with Gasteiger partial charge in [0.25, 0.3) is 0 Å². The Morgan fingerprint density at radius 1 is 0.852 bits per heavy atom. The Morgan fingerprint density at radius 3 is 1.96 bits per heavy atom. The molecule has 2 nitrogen and oxygen atoms in total. The summed E-state index contributed by atoms with van der Waals surface area (Å²) in [6, 6.07) is 6.65. The smallest absolute Gasteiger partial charge is 0.420 e. The van der Waals surface area contributed by atoms with Crippen LogP contribution >= 0.6 is 31.9 Å². The fourth-order valence-electron chi connectivity index (χ4n) is 1.96. The Labute approximate surface area is 167 Å². The van der Waals surface area contributed by atoms with E-state index in [-0.39, 0.29) is 18.1 Å². The molecule has 2 rings (SSSR count). The second kappa shape index (κ2) is 8.55. The van der Waals surface area contributed by atoms with Crippen LogP contribution in [0.3, 0.4) is 0 Å². The highest BCUT2D eigenvalue weighted by molar-refractivity contribution is 9.28.